The molecule has 0 saturated heterocycles. The highest BCUT2D eigenvalue weighted by Crippen LogP contribution is 2.29. The summed E-state index contributed by atoms with van der Waals surface area (Å²) >= 11 is 0. The van der Waals surface area contributed by atoms with E-state index < -0.39 is 16.6 Å². The van der Waals surface area contributed by atoms with Crippen LogP contribution < -0.4 is 5.32 Å². The van der Waals surface area contributed by atoms with Crippen molar-refractivity contribution in [3.63, 3.8) is 0 Å². The van der Waals surface area contributed by atoms with Gasteiger partial charge in [-0.2, -0.15) is 0 Å². The fourth-order valence-electron chi connectivity index (χ4n) is 2.69. The molecule has 1 fully saturated rings. The minimum atomic E-state index is -0.675. The third kappa shape index (κ3) is 3.31. The predicted octanol–water partition coefficient (Wildman–Crippen LogP) is 2.90. The van der Waals surface area contributed by atoms with Gasteiger partial charge in [0.05, 0.1) is 4.92 Å². The number of nitrogens with one attached hydrogen (secondary N) is 1. The molecule has 0 heterocycles. The molecule has 6 heteroatoms. The first-order valence-corrected chi connectivity index (χ1v) is 6.69. The molecule has 20 heavy (non-hydrogen) atoms. The zero-order chi connectivity index (χ0) is 14.7. The van der Waals surface area contributed by atoms with E-state index in [1.165, 1.54) is 0 Å². The van der Waals surface area contributed by atoms with Crippen LogP contribution in [0.15, 0.2) is 18.2 Å². The number of carbonyl (C=O) groups is 1. The van der Waals surface area contributed by atoms with Gasteiger partial charge in [0.25, 0.3) is 11.6 Å². The minimum Gasteiger partial charge on any atom is -0.352 e. The van der Waals surface area contributed by atoms with E-state index >= 15 is 0 Å². The fraction of sp³-hybridized carbons (Fsp3) is 0.500. The van der Waals surface area contributed by atoms with Crippen LogP contribution in [0.3, 0.4) is 0 Å². The van der Waals surface area contributed by atoms with Gasteiger partial charge in [-0.25, -0.2) is 4.39 Å². The average Bonchev–Trinajstić information content (AvgIpc) is 2.81. The van der Waals surface area contributed by atoms with Gasteiger partial charge < -0.3 is 5.32 Å². The molecule has 2 unspecified atom stereocenters. The highest BCUT2D eigenvalue weighted by atomic mass is 19.1. The molecule has 1 aliphatic carbocycles. The van der Waals surface area contributed by atoms with Crippen molar-refractivity contribution in [2.75, 3.05) is 6.54 Å². The number of rotatable bonds is 4. The number of nitro groups is 1. The summed E-state index contributed by atoms with van der Waals surface area (Å²) in [6.07, 6.45) is 3.23. The molecule has 1 aromatic rings. The summed E-state index contributed by atoms with van der Waals surface area (Å²) in [6, 6.07) is 2.90. The Hall–Kier alpha value is -1.98. The number of nitrogens with zero attached hydrogens (tertiary/aromatic N) is 1. The van der Waals surface area contributed by atoms with E-state index in [0.717, 1.165) is 37.5 Å². The number of hydrogen-bond donors (Lipinski definition) is 1. The Labute approximate surface area is 116 Å². The zero-order valence-corrected chi connectivity index (χ0v) is 11.3. The summed E-state index contributed by atoms with van der Waals surface area (Å²) in [5, 5.41) is 13.5. The summed E-state index contributed by atoms with van der Waals surface area (Å²) in [6.45, 7) is 2.65. The van der Waals surface area contributed by atoms with Crippen molar-refractivity contribution in [1.82, 2.24) is 5.32 Å². The first kappa shape index (κ1) is 14.4. The molecule has 2 rings (SSSR count). The molecule has 5 nitrogen and oxygen atoms in total. The Morgan fingerprint density at radius 1 is 1.50 bits per heavy atom. The number of hydrogen-bond acceptors (Lipinski definition) is 3. The molecule has 1 aromatic carbocycles. The van der Waals surface area contributed by atoms with Gasteiger partial charge in [0.1, 0.15) is 11.4 Å². The molecule has 0 radical (unpaired) electrons. The largest absolute Gasteiger partial charge is 0.352 e. The summed E-state index contributed by atoms with van der Waals surface area (Å²) in [7, 11) is 0. The Morgan fingerprint density at radius 2 is 2.25 bits per heavy atom. The van der Waals surface area contributed by atoms with Crippen LogP contribution in [0.25, 0.3) is 0 Å². The van der Waals surface area contributed by atoms with Gasteiger partial charge >= 0.3 is 0 Å². The number of amides is 1. The topological polar surface area (TPSA) is 72.2 Å². The quantitative estimate of drug-likeness (QED) is 0.680. The molecular weight excluding hydrogens is 263 g/mol. The highest BCUT2D eigenvalue weighted by Gasteiger charge is 2.24. The molecule has 0 bridgehead atoms. The molecular formula is C14H17FN2O3. The van der Waals surface area contributed by atoms with E-state index in [2.05, 4.69) is 12.2 Å². The van der Waals surface area contributed by atoms with Crippen LogP contribution >= 0.6 is 0 Å². The lowest BCUT2D eigenvalue weighted by molar-refractivity contribution is -0.385. The normalized spacial score (nSPS) is 21.7. The van der Waals surface area contributed by atoms with Crippen molar-refractivity contribution < 1.29 is 14.1 Å². The second-order valence-corrected chi connectivity index (χ2v) is 5.41. The maximum Gasteiger partial charge on any atom is 0.282 e. The maximum atomic E-state index is 13.2. The summed E-state index contributed by atoms with van der Waals surface area (Å²) in [4.78, 5) is 22.1. The first-order chi connectivity index (χ1) is 9.47. The van der Waals surface area contributed by atoms with Gasteiger partial charge in [-0.3, -0.25) is 14.9 Å². The standard InChI is InChI=1S/C14H17FN2O3/c1-9-2-3-10(6-9)8-16-14(18)12-7-11(15)4-5-13(12)17(19)20/h4-5,7,9-10H,2-3,6,8H2,1H3,(H,16,18). The van der Waals surface area contributed by atoms with Crippen LogP contribution in [0.1, 0.15) is 36.5 Å². The first-order valence-electron chi connectivity index (χ1n) is 6.69. The van der Waals surface area contributed by atoms with Crippen molar-refractivity contribution in [1.29, 1.82) is 0 Å². The van der Waals surface area contributed by atoms with E-state index in [9.17, 15) is 19.3 Å². The van der Waals surface area contributed by atoms with Crippen molar-refractivity contribution in [3.05, 3.63) is 39.7 Å². The zero-order valence-electron chi connectivity index (χ0n) is 11.3. The monoisotopic (exact) mass is 280 g/mol. The lowest BCUT2D eigenvalue weighted by atomic mass is 10.1. The SMILES string of the molecule is CC1CCC(CNC(=O)c2cc(F)ccc2[N+](=O)[O-])C1. The van der Waals surface area contributed by atoms with Crippen molar-refractivity contribution in [3.8, 4) is 0 Å². The summed E-state index contributed by atoms with van der Waals surface area (Å²) < 4.78 is 13.2. The molecule has 1 amide bonds. The average molecular weight is 280 g/mol. The summed E-state index contributed by atoms with van der Waals surface area (Å²) in [5.41, 5.74) is -0.593. The molecule has 1 saturated carbocycles. The van der Waals surface area contributed by atoms with Gasteiger partial charge in [-0.15, -0.1) is 0 Å². The predicted molar refractivity (Wildman–Crippen MR) is 71.9 cm³/mol. The van der Waals surface area contributed by atoms with Gasteiger partial charge in [0, 0.05) is 12.6 Å². The lowest BCUT2D eigenvalue weighted by Gasteiger charge is -2.11. The summed E-state index contributed by atoms with van der Waals surface area (Å²) in [5.74, 6) is -0.187. The van der Waals surface area contributed by atoms with Crippen LogP contribution in [0.5, 0.6) is 0 Å². The van der Waals surface area contributed by atoms with Crippen molar-refractivity contribution in [2.45, 2.75) is 26.2 Å². The van der Waals surface area contributed by atoms with E-state index in [1.54, 1.807) is 0 Å². The fourth-order valence-corrected chi connectivity index (χ4v) is 2.69. The van der Waals surface area contributed by atoms with Crippen molar-refractivity contribution in [2.24, 2.45) is 11.8 Å². The van der Waals surface area contributed by atoms with Gasteiger partial charge in [-0.05, 0) is 36.8 Å². The molecule has 1 aliphatic rings. The third-order valence-electron chi connectivity index (χ3n) is 3.75. The number of halogens is 1. The van der Waals surface area contributed by atoms with Crippen LogP contribution in [0.4, 0.5) is 10.1 Å². The number of benzene rings is 1. The van der Waals surface area contributed by atoms with Gasteiger partial charge in [-0.1, -0.05) is 13.3 Å². The van der Waals surface area contributed by atoms with Gasteiger partial charge in [0.15, 0.2) is 0 Å². The Morgan fingerprint density at radius 3 is 2.85 bits per heavy atom. The Bertz CT molecular complexity index is 533. The lowest BCUT2D eigenvalue weighted by Crippen LogP contribution is -2.29. The maximum absolute atomic E-state index is 13.2. The Kier molecular flexibility index (Phi) is 4.32. The van der Waals surface area contributed by atoms with E-state index in [-0.39, 0.29) is 11.3 Å². The van der Waals surface area contributed by atoms with E-state index in [1.807, 2.05) is 0 Å². The van der Waals surface area contributed by atoms with E-state index in [0.29, 0.717) is 18.4 Å². The van der Waals surface area contributed by atoms with Crippen LogP contribution in [0, 0.1) is 27.8 Å². The Balaban J connectivity index is 2.05. The smallest absolute Gasteiger partial charge is 0.282 e. The number of nitro benzene ring substituents is 1. The molecule has 0 aliphatic heterocycles. The highest BCUT2D eigenvalue weighted by molar-refractivity contribution is 5.98. The number of carbonyl (C=O) groups excluding carboxylic acids is 1. The second-order valence-electron chi connectivity index (χ2n) is 5.41. The van der Waals surface area contributed by atoms with Gasteiger partial charge in [0.2, 0.25) is 0 Å². The second kappa shape index (κ2) is 5.98. The van der Waals surface area contributed by atoms with Crippen LogP contribution in [0.2, 0.25) is 0 Å². The molecule has 0 spiro atoms. The molecule has 0 aromatic heterocycles. The molecule has 1 N–H and O–H groups in total. The van der Waals surface area contributed by atoms with Crippen LogP contribution in [-0.2, 0) is 0 Å². The third-order valence-corrected chi connectivity index (χ3v) is 3.75. The van der Waals surface area contributed by atoms with Crippen LogP contribution in [-0.4, -0.2) is 17.4 Å². The molecule has 108 valence electrons. The van der Waals surface area contributed by atoms with Crippen molar-refractivity contribution >= 4 is 11.6 Å². The van der Waals surface area contributed by atoms with E-state index in [4.69, 9.17) is 0 Å². The minimum absolute atomic E-state index is 0.221. The molecule has 2 atom stereocenters.